The van der Waals surface area contributed by atoms with Gasteiger partial charge in [0.1, 0.15) is 10.1 Å². The topological polar surface area (TPSA) is 42.9 Å². The van der Waals surface area contributed by atoms with Crippen LogP contribution in [0.3, 0.4) is 0 Å². The van der Waals surface area contributed by atoms with Crippen LogP contribution in [0.2, 0.25) is 5.02 Å². The zero-order chi connectivity index (χ0) is 12.3. The number of carbonyl (C=O) groups is 1. The van der Waals surface area contributed by atoms with E-state index in [4.69, 9.17) is 11.6 Å². The van der Waals surface area contributed by atoms with Gasteiger partial charge in [0.05, 0.1) is 5.02 Å². The summed E-state index contributed by atoms with van der Waals surface area (Å²) in [7, 11) is 0. The Bertz CT molecular complexity index is 542. The molecule has 0 saturated heterocycles. The zero-order valence-corrected chi connectivity index (χ0v) is 10.6. The van der Waals surface area contributed by atoms with E-state index in [0.717, 1.165) is 10.1 Å². The molecule has 0 fully saturated rings. The number of carbonyl (C=O) groups excluding carboxylic acids is 1. The summed E-state index contributed by atoms with van der Waals surface area (Å²) in [6, 6.07) is 7.03. The van der Waals surface area contributed by atoms with Crippen molar-refractivity contribution in [3.63, 3.8) is 0 Å². The van der Waals surface area contributed by atoms with E-state index < -0.39 is 0 Å². The van der Waals surface area contributed by atoms with E-state index in [1.54, 1.807) is 30.6 Å². The highest BCUT2D eigenvalue weighted by atomic mass is 35.5. The van der Waals surface area contributed by atoms with E-state index in [9.17, 15) is 4.79 Å². The largest absolute Gasteiger partial charge is 0.295 e. The molecule has 5 heteroatoms. The van der Waals surface area contributed by atoms with Gasteiger partial charge in [-0.05, 0) is 31.2 Å². The summed E-state index contributed by atoms with van der Waals surface area (Å²) in [6.07, 6.45) is 3.20. The molecule has 0 aliphatic carbocycles. The second kappa shape index (κ2) is 5.29. The lowest BCUT2D eigenvalue weighted by molar-refractivity contribution is 0.101. The number of nitrogens with zero attached hydrogens (tertiary/aromatic N) is 2. The minimum Gasteiger partial charge on any atom is -0.295 e. The van der Waals surface area contributed by atoms with Gasteiger partial charge in [-0.25, -0.2) is 9.97 Å². The molecule has 3 nitrogen and oxygen atoms in total. The van der Waals surface area contributed by atoms with Gasteiger partial charge in [0.15, 0.2) is 5.78 Å². The quantitative estimate of drug-likeness (QED) is 0.796. The lowest BCUT2D eigenvalue weighted by Crippen LogP contribution is -1.93. The van der Waals surface area contributed by atoms with Gasteiger partial charge in [0.25, 0.3) is 0 Å². The minimum absolute atomic E-state index is 0.0262. The van der Waals surface area contributed by atoms with Crippen LogP contribution in [0.25, 0.3) is 0 Å². The van der Waals surface area contributed by atoms with E-state index in [2.05, 4.69) is 9.97 Å². The van der Waals surface area contributed by atoms with Crippen LogP contribution in [0.5, 0.6) is 0 Å². The molecule has 0 aliphatic heterocycles. The van der Waals surface area contributed by atoms with Crippen LogP contribution in [0, 0.1) is 0 Å². The first-order chi connectivity index (χ1) is 8.15. The number of rotatable bonds is 3. The number of ketones is 1. The molecule has 2 rings (SSSR count). The molecule has 2 aromatic rings. The third-order valence-electron chi connectivity index (χ3n) is 2.05. The Morgan fingerprint density at radius 3 is 2.71 bits per heavy atom. The maximum absolute atomic E-state index is 11.2. The van der Waals surface area contributed by atoms with Crippen molar-refractivity contribution in [2.24, 2.45) is 0 Å². The summed E-state index contributed by atoms with van der Waals surface area (Å²) in [6.45, 7) is 1.53. The number of Topliss-reactive ketones (excluding diaryl/α,β-unsaturated/α-hetero) is 1. The second-order valence-electron chi connectivity index (χ2n) is 3.36. The van der Waals surface area contributed by atoms with Crippen molar-refractivity contribution in [2.45, 2.75) is 17.0 Å². The summed E-state index contributed by atoms with van der Waals surface area (Å²) in [5.74, 6) is 0.0262. The van der Waals surface area contributed by atoms with Gasteiger partial charge >= 0.3 is 0 Å². The Hall–Kier alpha value is -1.39. The zero-order valence-electron chi connectivity index (χ0n) is 9.05. The molecule has 0 aromatic carbocycles. The Balaban J connectivity index is 2.21. The summed E-state index contributed by atoms with van der Waals surface area (Å²) >= 11 is 7.14. The minimum atomic E-state index is 0.0262. The Kier molecular flexibility index (Phi) is 3.76. The van der Waals surface area contributed by atoms with Crippen molar-refractivity contribution in [1.82, 2.24) is 9.97 Å². The summed E-state index contributed by atoms with van der Waals surface area (Å²) in [4.78, 5) is 19.6. The number of aromatic nitrogens is 2. The Morgan fingerprint density at radius 2 is 2.06 bits per heavy atom. The summed E-state index contributed by atoms with van der Waals surface area (Å²) in [5.41, 5.74) is 0.650. The standard InChI is InChI=1S/C12H9ClN2OS/c1-8(16)9-4-5-14-12(6-9)17-11-3-2-10(13)7-15-11/h2-7H,1H3. The van der Waals surface area contributed by atoms with Gasteiger partial charge in [-0.1, -0.05) is 23.4 Å². The molecule has 2 heterocycles. The van der Waals surface area contributed by atoms with Gasteiger partial charge in [0, 0.05) is 18.0 Å². The summed E-state index contributed by atoms with van der Waals surface area (Å²) < 4.78 is 0. The maximum Gasteiger partial charge on any atom is 0.159 e. The molecule has 86 valence electrons. The lowest BCUT2D eigenvalue weighted by Gasteiger charge is -2.01. The smallest absolute Gasteiger partial charge is 0.159 e. The number of pyridine rings is 2. The molecular weight excluding hydrogens is 256 g/mol. The highest BCUT2D eigenvalue weighted by Crippen LogP contribution is 2.25. The number of hydrogen-bond donors (Lipinski definition) is 0. The first kappa shape index (κ1) is 12.1. The summed E-state index contributed by atoms with van der Waals surface area (Å²) in [5, 5.41) is 2.13. The van der Waals surface area contributed by atoms with Crippen molar-refractivity contribution < 1.29 is 4.79 Å². The van der Waals surface area contributed by atoms with Crippen LogP contribution >= 0.6 is 23.4 Å². The molecule has 0 aliphatic rings. The molecule has 2 aromatic heterocycles. The molecule has 0 bridgehead atoms. The van der Waals surface area contributed by atoms with Gasteiger partial charge in [-0.15, -0.1) is 0 Å². The van der Waals surface area contributed by atoms with E-state index in [0.29, 0.717) is 10.6 Å². The molecule has 17 heavy (non-hydrogen) atoms. The molecule has 0 N–H and O–H groups in total. The van der Waals surface area contributed by atoms with Crippen molar-refractivity contribution in [1.29, 1.82) is 0 Å². The maximum atomic E-state index is 11.2. The highest BCUT2D eigenvalue weighted by Gasteiger charge is 2.04. The third-order valence-corrected chi connectivity index (χ3v) is 3.16. The average molecular weight is 265 g/mol. The van der Waals surface area contributed by atoms with Gasteiger partial charge in [0.2, 0.25) is 0 Å². The van der Waals surface area contributed by atoms with Gasteiger partial charge < -0.3 is 0 Å². The van der Waals surface area contributed by atoms with Crippen molar-refractivity contribution in [3.05, 3.63) is 47.2 Å². The first-order valence-corrected chi connectivity index (χ1v) is 6.11. The molecule has 0 atom stereocenters. The molecular formula is C12H9ClN2OS. The van der Waals surface area contributed by atoms with Crippen molar-refractivity contribution in [2.75, 3.05) is 0 Å². The Morgan fingerprint density at radius 1 is 1.24 bits per heavy atom. The third kappa shape index (κ3) is 3.28. The van der Waals surface area contributed by atoms with E-state index >= 15 is 0 Å². The number of hydrogen-bond acceptors (Lipinski definition) is 4. The van der Waals surface area contributed by atoms with Crippen LogP contribution in [-0.4, -0.2) is 15.8 Å². The molecule has 0 amide bonds. The fraction of sp³-hybridized carbons (Fsp3) is 0.0833. The first-order valence-electron chi connectivity index (χ1n) is 4.91. The monoisotopic (exact) mass is 264 g/mol. The van der Waals surface area contributed by atoms with Crippen LogP contribution in [0.4, 0.5) is 0 Å². The lowest BCUT2D eigenvalue weighted by atomic mass is 10.2. The van der Waals surface area contributed by atoms with E-state index in [1.165, 1.54) is 18.7 Å². The van der Waals surface area contributed by atoms with E-state index in [1.807, 2.05) is 6.07 Å². The fourth-order valence-corrected chi connectivity index (χ4v) is 2.08. The molecule has 0 saturated carbocycles. The normalized spacial score (nSPS) is 10.2. The predicted molar refractivity (Wildman–Crippen MR) is 67.6 cm³/mol. The number of halogens is 1. The Labute approximate surface area is 108 Å². The van der Waals surface area contributed by atoms with Crippen molar-refractivity contribution >= 4 is 29.1 Å². The SMILES string of the molecule is CC(=O)c1ccnc(Sc2ccc(Cl)cn2)c1. The van der Waals surface area contributed by atoms with Crippen LogP contribution in [0.15, 0.2) is 46.7 Å². The van der Waals surface area contributed by atoms with Crippen LogP contribution in [-0.2, 0) is 0 Å². The predicted octanol–water partition coefficient (Wildman–Crippen LogP) is 3.48. The van der Waals surface area contributed by atoms with Crippen LogP contribution < -0.4 is 0 Å². The van der Waals surface area contributed by atoms with Gasteiger partial charge in [-0.2, -0.15) is 0 Å². The highest BCUT2D eigenvalue weighted by molar-refractivity contribution is 7.99. The average Bonchev–Trinajstić information content (AvgIpc) is 2.32. The molecule has 0 spiro atoms. The van der Waals surface area contributed by atoms with E-state index in [-0.39, 0.29) is 5.78 Å². The van der Waals surface area contributed by atoms with Crippen molar-refractivity contribution in [3.8, 4) is 0 Å². The molecule has 0 radical (unpaired) electrons. The van der Waals surface area contributed by atoms with Crippen LogP contribution in [0.1, 0.15) is 17.3 Å². The molecule has 0 unspecified atom stereocenters. The van der Waals surface area contributed by atoms with Gasteiger partial charge in [-0.3, -0.25) is 4.79 Å². The second-order valence-corrected chi connectivity index (χ2v) is 4.83. The fourth-order valence-electron chi connectivity index (χ4n) is 1.21.